The van der Waals surface area contributed by atoms with Crippen LogP contribution in [0.3, 0.4) is 0 Å². The molecule has 1 heterocycles. The van der Waals surface area contributed by atoms with E-state index in [4.69, 9.17) is 15.3 Å². The number of rotatable bonds is 3. The Hall–Kier alpha value is -5.21. The van der Waals surface area contributed by atoms with Gasteiger partial charge in [0.1, 0.15) is 0 Å². The highest BCUT2D eigenvalue weighted by Crippen LogP contribution is 2.23. The van der Waals surface area contributed by atoms with Crippen LogP contribution in [0.2, 0.25) is 0 Å². The molecule has 0 saturated heterocycles. The van der Waals surface area contributed by atoms with Gasteiger partial charge in [0.25, 0.3) is 11.4 Å². The second kappa shape index (κ2) is 12.1. The molecule has 0 radical (unpaired) electrons. The Labute approximate surface area is 195 Å². The van der Waals surface area contributed by atoms with E-state index in [1.165, 1.54) is 51.1 Å². The first-order chi connectivity index (χ1) is 16.3. The average molecular weight is 490 g/mol. The number of fused-ring (bicyclic) bond motifs is 1. The lowest BCUT2D eigenvalue weighted by atomic mass is 10.1. The Morgan fingerprint density at radius 2 is 1.51 bits per heavy atom. The van der Waals surface area contributed by atoms with E-state index in [1.54, 1.807) is 0 Å². The van der Waals surface area contributed by atoms with Crippen molar-refractivity contribution >= 4 is 45.9 Å². The Balaban J connectivity index is 0.000000281. The van der Waals surface area contributed by atoms with Crippen LogP contribution in [0, 0.1) is 27.2 Å². The van der Waals surface area contributed by atoms with Crippen LogP contribution >= 0.6 is 0 Å². The van der Waals surface area contributed by atoms with E-state index in [2.05, 4.69) is 9.72 Å². The van der Waals surface area contributed by atoms with Crippen LogP contribution in [0.25, 0.3) is 10.9 Å². The predicted molar refractivity (Wildman–Crippen MR) is 119 cm³/mol. The number of anilines is 1. The van der Waals surface area contributed by atoms with Crippen molar-refractivity contribution in [3.8, 4) is 0 Å². The number of ether oxygens (including phenoxy) is 1. The highest BCUT2D eigenvalue weighted by atomic mass is 16.6. The van der Waals surface area contributed by atoms with Gasteiger partial charge < -0.3 is 20.0 Å². The van der Waals surface area contributed by atoms with Crippen LogP contribution < -0.4 is 11.4 Å². The van der Waals surface area contributed by atoms with E-state index < -0.39 is 44.6 Å². The number of nitrogens with two attached hydrogens (primary N) is 1. The van der Waals surface area contributed by atoms with E-state index in [-0.39, 0.29) is 28.2 Å². The van der Waals surface area contributed by atoms with Gasteiger partial charge in [-0.3, -0.25) is 29.8 Å². The van der Waals surface area contributed by atoms with E-state index >= 15 is 0 Å². The maximum Gasteiger partial charge on any atom is 0.353 e. The van der Waals surface area contributed by atoms with Crippen LogP contribution in [-0.2, 0) is 14.3 Å². The van der Waals surface area contributed by atoms with Gasteiger partial charge in [0.15, 0.2) is 16.8 Å². The minimum atomic E-state index is -1.40. The van der Waals surface area contributed by atoms with Gasteiger partial charge >= 0.3 is 23.5 Å². The minimum Gasteiger partial charge on any atom is -0.477 e. The molecule has 0 unspecified atom stereocenters. The number of aromatic nitrogens is 1. The van der Waals surface area contributed by atoms with Gasteiger partial charge in [0.2, 0.25) is 0 Å². The Bertz CT molecular complexity index is 1350. The number of hydrogen-bond acceptors (Lipinski definition) is 12. The van der Waals surface area contributed by atoms with Gasteiger partial charge in [-0.25, -0.2) is 14.6 Å². The maximum atomic E-state index is 11.4. The maximum absolute atomic E-state index is 11.4. The van der Waals surface area contributed by atoms with E-state index in [9.17, 15) is 39.4 Å². The number of nitro groups is 2. The molecule has 15 nitrogen and oxygen atoms in total. The first-order valence-corrected chi connectivity index (χ1v) is 9.26. The van der Waals surface area contributed by atoms with E-state index in [1.807, 2.05) is 0 Å². The number of aryl methyl sites for hydroxylation is 1. The fourth-order valence-electron chi connectivity index (χ4n) is 2.51. The van der Waals surface area contributed by atoms with Crippen molar-refractivity contribution in [2.45, 2.75) is 20.8 Å². The predicted octanol–water partition coefficient (Wildman–Crippen LogP) is 2.38. The standard InChI is InChI=1S/C9H6N2O4.C7H6N2O4.C4H6O3/c1-5-10-6-3-2-4-7(11(13)14)8(6)9(12)15-5;8-4-2-1-3-5(9(12)13)6(4)7(10)11;1-3(5)7-4(2)6/h2-4H,1H3;1-3H,8H2,(H,10,11);1-2H3. The summed E-state index contributed by atoms with van der Waals surface area (Å²) in [4.78, 5) is 65.1. The second-order valence-corrected chi connectivity index (χ2v) is 6.34. The van der Waals surface area contributed by atoms with E-state index in [0.29, 0.717) is 0 Å². The molecule has 0 aliphatic rings. The monoisotopic (exact) mass is 490 g/mol. The molecule has 0 saturated carbocycles. The Morgan fingerprint density at radius 3 is 1.94 bits per heavy atom. The molecule has 3 rings (SSSR count). The van der Waals surface area contributed by atoms with Crippen molar-refractivity contribution in [1.29, 1.82) is 0 Å². The van der Waals surface area contributed by atoms with Crippen LogP contribution in [0.4, 0.5) is 17.1 Å². The highest BCUT2D eigenvalue weighted by molar-refractivity contribution is 5.98. The lowest BCUT2D eigenvalue weighted by Gasteiger charge is -2.00. The zero-order valence-corrected chi connectivity index (χ0v) is 18.4. The van der Waals surface area contributed by atoms with E-state index in [0.717, 1.165) is 6.07 Å². The van der Waals surface area contributed by atoms with Gasteiger partial charge in [0.05, 0.1) is 21.1 Å². The number of nitrogen functional groups attached to an aromatic ring is 1. The number of esters is 2. The van der Waals surface area contributed by atoms with Gasteiger partial charge in [-0.1, -0.05) is 12.1 Å². The molecular formula is C20H18N4O11. The average Bonchev–Trinajstić information content (AvgIpc) is 2.72. The fourth-order valence-corrected chi connectivity index (χ4v) is 2.51. The zero-order chi connectivity index (χ0) is 26.9. The molecular weight excluding hydrogens is 472 g/mol. The number of carboxylic acid groups (broad SMARTS) is 1. The largest absolute Gasteiger partial charge is 0.477 e. The highest BCUT2D eigenvalue weighted by Gasteiger charge is 2.21. The van der Waals surface area contributed by atoms with Gasteiger partial charge in [-0.15, -0.1) is 0 Å². The second-order valence-electron chi connectivity index (χ2n) is 6.34. The summed E-state index contributed by atoms with van der Waals surface area (Å²) in [6, 6.07) is 7.99. The summed E-state index contributed by atoms with van der Waals surface area (Å²) in [5, 5.41) is 29.5. The number of carbonyl (C=O) groups is 3. The summed E-state index contributed by atoms with van der Waals surface area (Å²) in [6.45, 7) is 3.88. The quantitative estimate of drug-likeness (QED) is 0.176. The van der Waals surface area contributed by atoms with Crippen molar-refractivity contribution < 1.29 is 38.5 Å². The molecule has 2 aromatic carbocycles. The Kier molecular flexibility index (Phi) is 9.65. The zero-order valence-electron chi connectivity index (χ0n) is 18.4. The number of carbonyl (C=O) groups excluding carboxylic acids is 2. The number of benzene rings is 2. The SMILES string of the molecule is CC(=O)OC(C)=O.Cc1nc2cccc([N+](=O)[O-])c2c(=O)o1.Nc1cccc([N+](=O)[O-])c1C(=O)O. The van der Waals surface area contributed by atoms with Crippen molar-refractivity contribution in [1.82, 2.24) is 4.98 Å². The summed E-state index contributed by atoms with van der Waals surface area (Å²) in [6.07, 6.45) is 0. The fraction of sp³-hybridized carbons (Fsp3) is 0.150. The molecule has 15 heteroatoms. The summed E-state index contributed by atoms with van der Waals surface area (Å²) < 4.78 is 8.68. The minimum absolute atomic E-state index is 0.0897. The topological polar surface area (TPSA) is 236 Å². The van der Waals surface area contributed by atoms with Gasteiger partial charge in [-0.05, 0) is 12.1 Å². The van der Waals surface area contributed by atoms with Crippen molar-refractivity contribution in [2.75, 3.05) is 5.73 Å². The molecule has 3 aromatic rings. The third-order valence-corrected chi connectivity index (χ3v) is 3.71. The van der Waals surface area contributed by atoms with Crippen molar-refractivity contribution in [2.24, 2.45) is 0 Å². The number of aromatic carboxylic acids is 1. The van der Waals surface area contributed by atoms with Gasteiger partial charge in [0, 0.05) is 32.9 Å². The molecule has 0 atom stereocenters. The molecule has 1 aromatic heterocycles. The van der Waals surface area contributed by atoms with Crippen LogP contribution in [0.15, 0.2) is 45.6 Å². The summed E-state index contributed by atoms with van der Waals surface area (Å²) in [7, 11) is 0. The first-order valence-electron chi connectivity index (χ1n) is 9.26. The molecule has 0 spiro atoms. The summed E-state index contributed by atoms with van der Waals surface area (Å²) in [5.41, 5.74) is 3.47. The lowest BCUT2D eigenvalue weighted by molar-refractivity contribution is -0.385. The van der Waals surface area contributed by atoms with Crippen LogP contribution in [0.5, 0.6) is 0 Å². The number of nitrogens with zero attached hydrogens (tertiary/aromatic N) is 3. The van der Waals surface area contributed by atoms with Gasteiger partial charge in [-0.2, -0.15) is 0 Å². The lowest BCUT2D eigenvalue weighted by Crippen LogP contribution is -2.06. The van der Waals surface area contributed by atoms with Crippen molar-refractivity contribution in [3.63, 3.8) is 0 Å². The third-order valence-electron chi connectivity index (χ3n) is 3.71. The summed E-state index contributed by atoms with van der Waals surface area (Å²) >= 11 is 0. The molecule has 0 aliphatic carbocycles. The Morgan fingerprint density at radius 1 is 1.00 bits per heavy atom. The first kappa shape index (κ1) is 27.8. The smallest absolute Gasteiger partial charge is 0.353 e. The molecule has 0 aliphatic heterocycles. The summed E-state index contributed by atoms with van der Waals surface area (Å²) in [5.74, 6) is -2.34. The number of carboxylic acids is 1. The molecule has 3 N–H and O–H groups in total. The molecule has 184 valence electrons. The molecule has 0 bridgehead atoms. The third kappa shape index (κ3) is 8.01. The van der Waals surface area contributed by atoms with Crippen LogP contribution in [-0.4, -0.2) is 37.8 Å². The number of hydrogen-bond donors (Lipinski definition) is 2. The number of non-ortho nitro benzene ring substituents is 1. The molecule has 35 heavy (non-hydrogen) atoms. The van der Waals surface area contributed by atoms with Crippen LogP contribution in [0.1, 0.15) is 30.1 Å². The normalized spacial score (nSPS) is 9.57. The number of nitro benzene ring substituents is 2. The van der Waals surface area contributed by atoms with Crippen molar-refractivity contribution in [3.05, 3.63) is 78.5 Å². The molecule has 0 amide bonds. The molecule has 0 fully saturated rings.